The number of rotatable bonds is 5. The predicted octanol–water partition coefficient (Wildman–Crippen LogP) is 15.0. The standard InChI is InChI=1S/C53H47NO/c1-51(2)30-31-52(3,4)49-40(21-15-24-45(49)51)43-32-42-38-18-10-12-23-44(38)53(5,6)46(42)33-47(43)54(35-16-8-7-9-17-35)36-28-26-34(27-29-36)37-20-14-22-41-39-19-11-13-25-48(39)55-50(37)41/h7-29,32-33H,30-31H2,1-6H3. The summed E-state index contributed by atoms with van der Waals surface area (Å²) in [7, 11) is 0. The second kappa shape index (κ2) is 12.1. The maximum atomic E-state index is 6.47. The van der Waals surface area contributed by atoms with Crippen LogP contribution in [0.15, 0.2) is 156 Å². The first kappa shape index (κ1) is 33.7. The summed E-state index contributed by atoms with van der Waals surface area (Å²) in [6, 6.07) is 55.9. The van der Waals surface area contributed by atoms with Gasteiger partial charge in [0.15, 0.2) is 0 Å². The number of nitrogens with zero attached hydrogens (tertiary/aromatic N) is 1. The topological polar surface area (TPSA) is 16.4 Å². The summed E-state index contributed by atoms with van der Waals surface area (Å²) < 4.78 is 6.47. The number of para-hydroxylation sites is 3. The number of benzene rings is 7. The van der Waals surface area contributed by atoms with Gasteiger partial charge >= 0.3 is 0 Å². The molecule has 0 N–H and O–H groups in total. The van der Waals surface area contributed by atoms with Gasteiger partial charge in [-0.15, -0.1) is 0 Å². The van der Waals surface area contributed by atoms with Gasteiger partial charge in [0, 0.05) is 38.7 Å². The second-order valence-corrected chi connectivity index (χ2v) is 17.6. The van der Waals surface area contributed by atoms with Crippen LogP contribution in [0.5, 0.6) is 0 Å². The van der Waals surface area contributed by atoms with Crippen molar-refractivity contribution in [3.63, 3.8) is 0 Å². The summed E-state index contributed by atoms with van der Waals surface area (Å²) in [5, 5.41) is 2.29. The second-order valence-electron chi connectivity index (χ2n) is 17.6. The fourth-order valence-electron chi connectivity index (χ4n) is 9.86. The molecule has 0 spiro atoms. The summed E-state index contributed by atoms with van der Waals surface area (Å²) in [5.74, 6) is 0. The van der Waals surface area contributed by atoms with Crippen LogP contribution in [0.4, 0.5) is 17.1 Å². The summed E-state index contributed by atoms with van der Waals surface area (Å²) >= 11 is 0. The Kier molecular flexibility index (Phi) is 7.39. The Morgan fingerprint density at radius 1 is 0.455 bits per heavy atom. The van der Waals surface area contributed by atoms with Crippen molar-refractivity contribution in [3.8, 4) is 33.4 Å². The lowest BCUT2D eigenvalue weighted by atomic mass is 9.61. The number of furan rings is 1. The van der Waals surface area contributed by atoms with E-state index in [0.717, 1.165) is 50.9 Å². The van der Waals surface area contributed by atoms with E-state index in [1.54, 1.807) is 0 Å². The van der Waals surface area contributed by atoms with Gasteiger partial charge in [-0.05, 0) is 111 Å². The van der Waals surface area contributed by atoms with Gasteiger partial charge in [0.1, 0.15) is 11.2 Å². The highest BCUT2D eigenvalue weighted by Crippen LogP contribution is 2.56. The molecule has 55 heavy (non-hydrogen) atoms. The molecule has 0 unspecified atom stereocenters. The van der Waals surface area contributed by atoms with E-state index >= 15 is 0 Å². The number of hydrogen-bond acceptors (Lipinski definition) is 2. The molecule has 2 heteroatoms. The first-order valence-electron chi connectivity index (χ1n) is 19.8. The first-order valence-corrected chi connectivity index (χ1v) is 19.8. The molecule has 2 aliphatic rings. The van der Waals surface area contributed by atoms with Gasteiger partial charge < -0.3 is 9.32 Å². The summed E-state index contributed by atoms with van der Waals surface area (Å²) in [6.45, 7) is 14.5. The zero-order valence-electron chi connectivity index (χ0n) is 32.7. The summed E-state index contributed by atoms with van der Waals surface area (Å²) in [5.41, 5.74) is 18.5. The van der Waals surface area contributed by atoms with Crippen molar-refractivity contribution < 1.29 is 4.42 Å². The molecule has 0 amide bonds. The molecular formula is C53H47NO. The number of fused-ring (bicyclic) bond motifs is 7. The van der Waals surface area contributed by atoms with Crippen LogP contribution >= 0.6 is 0 Å². The molecule has 2 aliphatic carbocycles. The molecule has 0 aliphatic heterocycles. The lowest BCUT2D eigenvalue weighted by Crippen LogP contribution is -2.34. The van der Waals surface area contributed by atoms with Gasteiger partial charge in [0.2, 0.25) is 0 Å². The third-order valence-electron chi connectivity index (χ3n) is 12.9. The molecule has 0 atom stereocenters. The average Bonchev–Trinajstić information content (AvgIpc) is 3.69. The zero-order valence-corrected chi connectivity index (χ0v) is 32.7. The summed E-state index contributed by atoms with van der Waals surface area (Å²) in [4.78, 5) is 2.49. The van der Waals surface area contributed by atoms with Gasteiger partial charge in [-0.2, -0.15) is 0 Å². The van der Waals surface area contributed by atoms with E-state index in [1.807, 2.05) is 6.07 Å². The van der Waals surface area contributed by atoms with E-state index < -0.39 is 0 Å². The van der Waals surface area contributed by atoms with E-state index in [0.29, 0.717) is 0 Å². The third kappa shape index (κ3) is 5.14. The molecule has 7 aromatic carbocycles. The Morgan fingerprint density at radius 2 is 1.07 bits per heavy atom. The van der Waals surface area contributed by atoms with Crippen LogP contribution in [-0.2, 0) is 16.2 Å². The molecular weight excluding hydrogens is 667 g/mol. The highest BCUT2D eigenvalue weighted by atomic mass is 16.3. The van der Waals surface area contributed by atoms with Gasteiger partial charge in [0.25, 0.3) is 0 Å². The molecule has 0 bridgehead atoms. The molecule has 270 valence electrons. The minimum Gasteiger partial charge on any atom is -0.455 e. The van der Waals surface area contributed by atoms with Crippen LogP contribution in [0, 0.1) is 0 Å². The molecule has 10 rings (SSSR count). The van der Waals surface area contributed by atoms with Crippen LogP contribution in [0.3, 0.4) is 0 Å². The monoisotopic (exact) mass is 713 g/mol. The lowest BCUT2D eigenvalue weighted by Gasteiger charge is -2.43. The van der Waals surface area contributed by atoms with E-state index in [-0.39, 0.29) is 16.2 Å². The minimum atomic E-state index is -0.145. The normalized spacial score (nSPS) is 16.1. The minimum absolute atomic E-state index is 0.0335. The van der Waals surface area contributed by atoms with Crippen molar-refractivity contribution in [2.45, 2.75) is 70.6 Å². The quantitative estimate of drug-likeness (QED) is 0.177. The van der Waals surface area contributed by atoms with Crippen LogP contribution in [0.2, 0.25) is 0 Å². The lowest BCUT2D eigenvalue weighted by molar-refractivity contribution is 0.333. The van der Waals surface area contributed by atoms with Crippen LogP contribution in [0.25, 0.3) is 55.3 Å². The fourth-order valence-corrected chi connectivity index (χ4v) is 9.86. The van der Waals surface area contributed by atoms with E-state index in [4.69, 9.17) is 4.42 Å². The largest absolute Gasteiger partial charge is 0.455 e. The van der Waals surface area contributed by atoms with Crippen molar-refractivity contribution in [1.29, 1.82) is 0 Å². The first-order chi connectivity index (χ1) is 26.5. The Balaban J connectivity index is 1.22. The average molecular weight is 714 g/mol. The highest BCUT2D eigenvalue weighted by molar-refractivity contribution is 6.09. The molecule has 1 heterocycles. The Bertz CT molecular complexity index is 2780. The zero-order chi connectivity index (χ0) is 37.7. The van der Waals surface area contributed by atoms with Crippen LogP contribution in [0.1, 0.15) is 76.6 Å². The summed E-state index contributed by atoms with van der Waals surface area (Å²) in [6.07, 6.45) is 2.33. The number of anilines is 3. The van der Waals surface area contributed by atoms with Crippen LogP contribution < -0.4 is 4.90 Å². The van der Waals surface area contributed by atoms with Gasteiger partial charge in [-0.3, -0.25) is 0 Å². The Hall–Kier alpha value is -5.86. The third-order valence-corrected chi connectivity index (χ3v) is 12.9. The van der Waals surface area contributed by atoms with Crippen molar-refractivity contribution in [2.75, 3.05) is 4.90 Å². The molecule has 8 aromatic rings. The smallest absolute Gasteiger partial charge is 0.143 e. The molecule has 1 aromatic heterocycles. The highest BCUT2D eigenvalue weighted by Gasteiger charge is 2.41. The fraction of sp³-hybridized carbons (Fsp3) is 0.208. The van der Waals surface area contributed by atoms with E-state index in [9.17, 15) is 0 Å². The van der Waals surface area contributed by atoms with Gasteiger partial charge in [-0.25, -0.2) is 0 Å². The van der Waals surface area contributed by atoms with E-state index in [1.165, 1.54) is 56.6 Å². The SMILES string of the molecule is CC1(C)CCC(C)(C)c2c(-c3cc4c(cc3N(c3ccccc3)c3ccc(-c5cccc6c5oc5ccccc56)cc3)C(C)(C)c3ccccc3-4)cccc21. The van der Waals surface area contributed by atoms with Crippen LogP contribution in [-0.4, -0.2) is 0 Å². The molecule has 0 saturated heterocycles. The Morgan fingerprint density at radius 3 is 1.89 bits per heavy atom. The maximum absolute atomic E-state index is 6.47. The van der Waals surface area contributed by atoms with Crippen molar-refractivity contribution in [2.24, 2.45) is 0 Å². The predicted molar refractivity (Wildman–Crippen MR) is 232 cm³/mol. The molecule has 0 saturated carbocycles. The van der Waals surface area contributed by atoms with Gasteiger partial charge in [0.05, 0.1) is 5.69 Å². The van der Waals surface area contributed by atoms with Crippen molar-refractivity contribution >= 4 is 39.0 Å². The Labute approximate surface area is 325 Å². The maximum Gasteiger partial charge on any atom is 0.143 e. The van der Waals surface area contributed by atoms with Gasteiger partial charge in [-0.1, -0.05) is 151 Å². The van der Waals surface area contributed by atoms with Crippen molar-refractivity contribution in [1.82, 2.24) is 0 Å². The number of hydrogen-bond donors (Lipinski definition) is 0. The molecule has 0 fully saturated rings. The molecule has 0 radical (unpaired) electrons. The molecule has 2 nitrogen and oxygen atoms in total. The van der Waals surface area contributed by atoms with Crippen molar-refractivity contribution in [3.05, 3.63) is 174 Å². The van der Waals surface area contributed by atoms with E-state index in [2.05, 4.69) is 192 Å².